The third kappa shape index (κ3) is 1.53. The largest absolute Gasteiger partial charge is 0.498 e. The zero-order valence-electron chi connectivity index (χ0n) is 6.89. The van der Waals surface area contributed by atoms with Gasteiger partial charge in [-0.1, -0.05) is 20.4 Å². The van der Waals surface area contributed by atoms with E-state index in [9.17, 15) is 0 Å². The number of allylic oxidation sites excluding steroid dienone is 1. The summed E-state index contributed by atoms with van der Waals surface area (Å²) < 4.78 is 5.36. The van der Waals surface area contributed by atoms with Crippen molar-refractivity contribution in [2.75, 3.05) is 6.61 Å². The van der Waals surface area contributed by atoms with Crippen molar-refractivity contribution in [3.05, 3.63) is 12.3 Å². The molecule has 10 heavy (non-hydrogen) atoms. The van der Waals surface area contributed by atoms with E-state index in [1.54, 1.807) is 0 Å². The minimum atomic E-state index is 0.605. The van der Waals surface area contributed by atoms with Gasteiger partial charge in [-0.15, -0.1) is 0 Å². The maximum Gasteiger partial charge on any atom is 0.0921 e. The first-order valence-electron chi connectivity index (χ1n) is 4.03. The highest BCUT2D eigenvalue weighted by Crippen LogP contribution is 2.28. The highest BCUT2D eigenvalue weighted by molar-refractivity contribution is 4.95. The molecule has 1 heterocycles. The third-order valence-corrected chi connectivity index (χ3v) is 2.17. The number of hydrogen-bond donors (Lipinski definition) is 0. The second kappa shape index (κ2) is 3.09. The molecular weight excluding hydrogens is 124 g/mol. The highest BCUT2D eigenvalue weighted by Gasteiger charge is 2.21. The lowest BCUT2D eigenvalue weighted by Gasteiger charge is -2.27. The number of rotatable bonds is 1. The van der Waals surface area contributed by atoms with E-state index in [4.69, 9.17) is 4.74 Å². The van der Waals surface area contributed by atoms with Gasteiger partial charge in [-0.05, 0) is 18.8 Å². The molecule has 0 bridgehead atoms. The molecule has 0 N–H and O–H groups in total. The zero-order chi connectivity index (χ0) is 7.56. The van der Waals surface area contributed by atoms with E-state index in [2.05, 4.69) is 20.4 Å². The molecule has 1 fully saturated rings. The standard InChI is InChI=1S/C9H16O/c1-7(2)9-5-4-6-10-8(9)3/h7,9H,3-6H2,1-2H3. The second-order valence-electron chi connectivity index (χ2n) is 3.31. The monoisotopic (exact) mass is 140 g/mol. The molecule has 0 amide bonds. The summed E-state index contributed by atoms with van der Waals surface area (Å²) >= 11 is 0. The van der Waals surface area contributed by atoms with E-state index >= 15 is 0 Å². The average molecular weight is 140 g/mol. The van der Waals surface area contributed by atoms with Crippen molar-refractivity contribution in [3.8, 4) is 0 Å². The van der Waals surface area contributed by atoms with Gasteiger partial charge >= 0.3 is 0 Å². The van der Waals surface area contributed by atoms with Gasteiger partial charge in [0.15, 0.2) is 0 Å². The van der Waals surface area contributed by atoms with Crippen molar-refractivity contribution in [3.63, 3.8) is 0 Å². The molecule has 1 unspecified atom stereocenters. The van der Waals surface area contributed by atoms with Crippen molar-refractivity contribution >= 4 is 0 Å². The molecule has 1 rings (SSSR count). The molecular formula is C9H16O. The van der Waals surface area contributed by atoms with Crippen LogP contribution in [0, 0.1) is 11.8 Å². The summed E-state index contributed by atoms with van der Waals surface area (Å²) in [4.78, 5) is 0. The van der Waals surface area contributed by atoms with Crippen LogP contribution in [0.2, 0.25) is 0 Å². The predicted molar refractivity (Wildman–Crippen MR) is 42.7 cm³/mol. The maximum absolute atomic E-state index is 5.36. The lowest BCUT2D eigenvalue weighted by atomic mass is 9.88. The first-order chi connectivity index (χ1) is 4.72. The lowest BCUT2D eigenvalue weighted by molar-refractivity contribution is 0.110. The first kappa shape index (κ1) is 7.64. The summed E-state index contributed by atoms with van der Waals surface area (Å²) in [6.07, 6.45) is 2.46. The predicted octanol–water partition coefficient (Wildman–Crippen LogP) is 2.58. The van der Waals surface area contributed by atoms with E-state index in [1.807, 2.05) is 0 Å². The van der Waals surface area contributed by atoms with Crippen molar-refractivity contribution < 1.29 is 4.74 Å². The molecule has 1 aliphatic heterocycles. The summed E-state index contributed by atoms with van der Waals surface area (Å²) in [5.74, 6) is 2.29. The first-order valence-corrected chi connectivity index (χ1v) is 4.03. The Morgan fingerprint density at radius 2 is 2.30 bits per heavy atom. The maximum atomic E-state index is 5.36. The molecule has 0 radical (unpaired) electrons. The molecule has 1 heteroatoms. The second-order valence-corrected chi connectivity index (χ2v) is 3.31. The average Bonchev–Trinajstić information content (AvgIpc) is 1.88. The zero-order valence-corrected chi connectivity index (χ0v) is 6.89. The van der Waals surface area contributed by atoms with Crippen LogP contribution in [0.3, 0.4) is 0 Å². The summed E-state index contributed by atoms with van der Waals surface area (Å²) in [5, 5.41) is 0. The Bertz CT molecular complexity index is 127. The molecule has 1 saturated heterocycles. The van der Waals surface area contributed by atoms with Crippen LogP contribution in [-0.4, -0.2) is 6.61 Å². The molecule has 0 aliphatic carbocycles. The van der Waals surface area contributed by atoms with Crippen LogP contribution >= 0.6 is 0 Å². The van der Waals surface area contributed by atoms with Gasteiger partial charge in [-0.25, -0.2) is 0 Å². The fourth-order valence-corrected chi connectivity index (χ4v) is 1.48. The molecule has 58 valence electrons. The molecule has 0 saturated carbocycles. The van der Waals surface area contributed by atoms with Gasteiger partial charge < -0.3 is 4.74 Å². The van der Waals surface area contributed by atoms with Crippen LogP contribution < -0.4 is 0 Å². The van der Waals surface area contributed by atoms with Crippen molar-refractivity contribution in [1.82, 2.24) is 0 Å². The fraction of sp³-hybridized carbons (Fsp3) is 0.778. The summed E-state index contributed by atoms with van der Waals surface area (Å²) in [5.41, 5.74) is 0. The molecule has 0 aromatic carbocycles. The summed E-state index contributed by atoms with van der Waals surface area (Å²) in [7, 11) is 0. The summed E-state index contributed by atoms with van der Waals surface area (Å²) in [6.45, 7) is 9.23. The topological polar surface area (TPSA) is 9.23 Å². The van der Waals surface area contributed by atoms with Crippen LogP contribution in [0.25, 0.3) is 0 Å². The van der Waals surface area contributed by atoms with Crippen LogP contribution in [0.4, 0.5) is 0 Å². The van der Waals surface area contributed by atoms with Crippen LogP contribution in [-0.2, 0) is 4.74 Å². The van der Waals surface area contributed by atoms with Crippen LogP contribution in [0.1, 0.15) is 26.7 Å². The van der Waals surface area contributed by atoms with Crippen molar-refractivity contribution in [2.24, 2.45) is 11.8 Å². The minimum Gasteiger partial charge on any atom is -0.498 e. The van der Waals surface area contributed by atoms with Gasteiger partial charge in [0, 0.05) is 5.92 Å². The summed E-state index contributed by atoms with van der Waals surface area (Å²) in [6, 6.07) is 0. The Labute approximate surface area is 63.1 Å². The molecule has 1 aliphatic rings. The van der Waals surface area contributed by atoms with Crippen molar-refractivity contribution in [1.29, 1.82) is 0 Å². The molecule has 0 spiro atoms. The van der Waals surface area contributed by atoms with E-state index in [-0.39, 0.29) is 0 Å². The highest BCUT2D eigenvalue weighted by atomic mass is 16.5. The van der Waals surface area contributed by atoms with Gasteiger partial charge in [-0.2, -0.15) is 0 Å². The Kier molecular flexibility index (Phi) is 2.36. The van der Waals surface area contributed by atoms with Crippen LogP contribution in [0.5, 0.6) is 0 Å². The van der Waals surface area contributed by atoms with E-state index in [0.717, 1.165) is 12.4 Å². The lowest BCUT2D eigenvalue weighted by Crippen LogP contribution is -2.19. The molecule has 0 aromatic rings. The minimum absolute atomic E-state index is 0.605. The third-order valence-electron chi connectivity index (χ3n) is 2.17. The normalized spacial score (nSPS) is 26.7. The van der Waals surface area contributed by atoms with E-state index in [0.29, 0.717) is 11.8 Å². The van der Waals surface area contributed by atoms with Crippen LogP contribution in [0.15, 0.2) is 12.3 Å². The van der Waals surface area contributed by atoms with Gasteiger partial charge in [0.05, 0.1) is 12.4 Å². The molecule has 1 nitrogen and oxygen atoms in total. The SMILES string of the molecule is C=C1OCCCC1C(C)C. The van der Waals surface area contributed by atoms with E-state index in [1.165, 1.54) is 12.8 Å². The number of hydrogen-bond acceptors (Lipinski definition) is 1. The Balaban J connectivity index is 2.48. The smallest absolute Gasteiger partial charge is 0.0921 e. The van der Waals surface area contributed by atoms with E-state index < -0.39 is 0 Å². The quantitative estimate of drug-likeness (QED) is 0.544. The molecule has 1 atom stereocenters. The van der Waals surface area contributed by atoms with Gasteiger partial charge in [0.25, 0.3) is 0 Å². The van der Waals surface area contributed by atoms with Gasteiger partial charge in [-0.3, -0.25) is 0 Å². The Morgan fingerprint density at radius 1 is 1.60 bits per heavy atom. The van der Waals surface area contributed by atoms with Gasteiger partial charge in [0.1, 0.15) is 0 Å². The van der Waals surface area contributed by atoms with Gasteiger partial charge in [0.2, 0.25) is 0 Å². The van der Waals surface area contributed by atoms with Crippen molar-refractivity contribution in [2.45, 2.75) is 26.7 Å². The Hall–Kier alpha value is -0.460. The Morgan fingerprint density at radius 3 is 2.70 bits per heavy atom. The number of ether oxygens (including phenoxy) is 1. The fourth-order valence-electron chi connectivity index (χ4n) is 1.48. The molecule has 0 aromatic heterocycles.